The molecule has 2 aliphatic rings. The van der Waals surface area contributed by atoms with Crippen molar-refractivity contribution in [2.45, 2.75) is 52.2 Å². The van der Waals surface area contributed by atoms with Crippen molar-refractivity contribution in [2.24, 2.45) is 11.8 Å². The van der Waals surface area contributed by atoms with Gasteiger partial charge in [-0.15, -0.1) is 0 Å². The fraction of sp³-hybridized carbons (Fsp3) is 0.625. The summed E-state index contributed by atoms with van der Waals surface area (Å²) in [5.74, 6) is 0.684. The number of likely N-dealkylation sites (N-methyl/N-ethyl adjacent to an activating group) is 1. The van der Waals surface area contributed by atoms with Gasteiger partial charge in [0, 0.05) is 52.2 Å². The number of rotatable bonds is 4. The van der Waals surface area contributed by atoms with E-state index in [-0.39, 0.29) is 42.4 Å². The number of amides is 3. The average molecular weight is 446 g/mol. The Bertz CT molecular complexity index is 854. The van der Waals surface area contributed by atoms with E-state index in [1.807, 2.05) is 18.7 Å². The van der Waals surface area contributed by atoms with Crippen molar-refractivity contribution in [1.29, 1.82) is 0 Å². The van der Waals surface area contributed by atoms with Crippen LogP contribution in [0.2, 0.25) is 0 Å². The molecule has 1 fully saturated rings. The van der Waals surface area contributed by atoms with Crippen LogP contribution in [0.25, 0.3) is 0 Å². The van der Waals surface area contributed by atoms with Gasteiger partial charge in [0.1, 0.15) is 12.4 Å². The summed E-state index contributed by atoms with van der Waals surface area (Å²) in [6.45, 7) is 6.63. The Morgan fingerprint density at radius 1 is 1.22 bits per heavy atom. The van der Waals surface area contributed by atoms with Crippen LogP contribution in [0.5, 0.6) is 5.75 Å². The lowest BCUT2D eigenvalue weighted by Gasteiger charge is -2.36. The van der Waals surface area contributed by atoms with Crippen LogP contribution in [0.15, 0.2) is 18.2 Å². The lowest BCUT2D eigenvalue weighted by atomic mass is 10.0. The quantitative estimate of drug-likeness (QED) is 0.770. The number of hydrogen-bond donors (Lipinski definition) is 1. The zero-order valence-electron chi connectivity index (χ0n) is 19.7. The third-order valence-electron chi connectivity index (χ3n) is 6.25. The van der Waals surface area contributed by atoms with Gasteiger partial charge in [-0.25, -0.2) is 0 Å². The predicted octanol–water partition coefficient (Wildman–Crippen LogP) is 2.78. The Balaban J connectivity index is 1.93. The van der Waals surface area contributed by atoms with Gasteiger partial charge >= 0.3 is 0 Å². The highest BCUT2D eigenvalue weighted by Crippen LogP contribution is 2.33. The molecule has 1 aromatic carbocycles. The number of carbonyl (C=O) groups is 3. The molecular formula is C24H35N3O5. The molecule has 0 radical (unpaired) electrons. The Morgan fingerprint density at radius 2 is 1.94 bits per heavy atom. The molecule has 176 valence electrons. The number of carbonyl (C=O) groups excluding carboxylic acids is 3. The summed E-state index contributed by atoms with van der Waals surface area (Å²) in [7, 11) is 3.36. The fourth-order valence-electron chi connectivity index (χ4n) is 4.09. The summed E-state index contributed by atoms with van der Waals surface area (Å²) in [4.78, 5) is 41.3. The number of anilines is 1. The molecule has 1 aliphatic heterocycles. The topological polar surface area (TPSA) is 88.2 Å². The molecule has 1 saturated carbocycles. The first kappa shape index (κ1) is 24.0. The van der Waals surface area contributed by atoms with Gasteiger partial charge in [-0.2, -0.15) is 0 Å². The maximum atomic E-state index is 13.3. The highest BCUT2D eigenvalue weighted by molar-refractivity contribution is 5.99. The Hall–Kier alpha value is -2.61. The summed E-state index contributed by atoms with van der Waals surface area (Å²) in [6, 6.07) is 4.88. The van der Waals surface area contributed by atoms with Crippen LogP contribution in [0, 0.1) is 11.8 Å². The molecule has 3 rings (SSSR count). The van der Waals surface area contributed by atoms with Crippen LogP contribution in [0.3, 0.4) is 0 Å². The molecule has 3 atom stereocenters. The van der Waals surface area contributed by atoms with Crippen molar-refractivity contribution in [3.05, 3.63) is 23.8 Å². The Labute approximate surface area is 190 Å². The van der Waals surface area contributed by atoms with Gasteiger partial charge in [0.25, 0.3) is 5.91 Å². The number of benzene rings is 1. The molecule has 1 N–H and O–H groups in total. The molecule has 8 nitrogen and oxygen atoms in total. The minimum atomic E-state index is -0.227. The zero-order valence-corrected chi connectivity index (χ0v) is 19.7. The molecule has 0 spiro atoms. The number of fused-ring (bicyclic) bond motifs is 1. The predicted molar refractivity (Wildman–Crippen MR) is 122 cm³/mol. The van der Waals surface area contributed by atoms with E-state index in [0.717, 1.165) is 12.8 Å². The third kappa shape index (κ3) is 6.00. The van der Waals surface area contributed by atoms with Gasteiger partial charge in [-0.05, 0) is 43.9 Å². The van der Waals surface area contributed by atoms with E-state index in [1.54, 1.807) is 37.3 Å². The lowest BCUT2D eigenvalue weighted by Crippen LogP contribution is -2.48. The molecule has 8 heteroatoms. The monoisotopic (exact) mass is 445 g/mol. The van der Waals surface area contributed by atoms with Crippen LogP contribution in [-0.2, 0) is 14.3 Å². The molecule has 1 aliphatic carbocycles. The second-order valence-corrected chi connectivity index (χ2v) is 9.18. The Morgan fingerprint density at radius 3 is 2.56 bits per heavy atom. The first-order valence-electron chi connectivity index (χ1n) is 11.3. The highest BCUT2D eigenvalue weighted by Gasteiger charge is 2.33. The summed E-state index contributed by atoms with van der Waals surface area (Å²) in [5, 5.41) is 2.72. The maximum Gasteiger partial charge on any atom is 0.257 e. The SMILES string of the molecule is CO[C@H]1CN(C)C(=O)c2cc(NC(C)=O)ccc2OC[C@@H](C)N(C(=O)CC2CC2)C[C@H]1C. The number of methoxy groups -OCH3 is 1. The van der Waals surface area contributed by atoms with Gasteiger partial charge in [0.05, 0.1) is 17.7 Å². The van der Waals surface area contributed by atoms with Gasteiger partial charge in [-0.1, -0.05) is 6.92 Å². The van der Waals surface area contributed by atoms with E-state index in [4.69, 9.17) is 9.47 Å². The van der Waals surface area contributed by atoms with Crippen molar-refractivity contribution in [2.75, 3.05) is 39.2 Å². The second-order valence-electron chi connectivity index (χ2n) is 9.18. The third-order valence-corrected chi connectivity index (χ3v) is 6.25. The van der Waals surface area contributed by atoms with Crippen molar-refractivity contribution < 1.29 is 23.9 Å². The molecule has 1 aromatic rings. The number of nitrogens with zero attached hydrogens (tertiary/aromatic N) is 2. The van der Waals surface area contributed by atoms with Crippen molar-refractivity contribution in [1.82, 2.24) is 9.80 Å². The van der Waals surface area contributed by atoms with E-state index in [9.17, 15) is 14.4 Å². The van der Waals surface area contributed by atoms with Gasteiger partial charge in [-0.3, -0.25) is 14.4 Å². The Kier molecular flexibility index (Phi) is 7.77. The molecule has 0 unspecified atom stereocenters. The number of nitrogens with one attached hydrogen (secondary N) is 1. The molecule has 3 amide bonds. The second kappa shape index (κ2) is 10.3. The maximum absolute atomic E-state index is 13.3. The lowest BCUT2D eigenvalue weighted by molar-refractivity contribution is -0.135. The summed E-state index contributed by atoms with van der Waals surface area (Å²) < 4.78 is 11.8. The van der Waals surface area contributed by atoms with Crippen molar-refractivity contribution >= 4 is 23.4 Å². The van der Waals surface area contributed by atoms with E-state index >= 15 is 0 Å². The van der Waals surface area contributed by atoms with Gasteiger partial charge in [0.2, 0.25) is 11.8 Å². The summed E-state index contributed by atoms with van der Waals surface area (Å²) >= 11 is 0. The first-order valence-corrected chi connectivity index (χ1v) is 11.3. The minimum absolute atomic E-state index is 0.0328. The summed E-state index contributed by atoms with van der Waals surface area (Å²) in [5.41, 5.74) is 0.893. The first-order chi connectivity index (χ1) is 15.2. The molecule has 0 saturated heterocycles. The molecular weight excluding hydrogens is 410 g/mol. The number of ether oxygens (including phenoxy) is 2. The minimum Gasteiger partial charge on any atom is -0.491 e. The zero-order chi connectivity index (χ0) is 23.4. The van der Waals surface area contributed by atoms with Crippen LogP contribution in [0.4, 0.5) is 5.69 Å². The largest absolute Gasteiger partial charge is 0.491 e. The highest BCUT2D eigenvalue weighted by atomic mass is 16.5. The molecule has 32 heavy (non-hydrogen) atoms. The average Bonchev–Trinajstić information content (AvgIpc) is 3.56. The molecule has 1 heterocycles. The van der Waals surface area contributed by atoms with E-state index in [1.165, 1.54) is 6.92 Å². The van der Waals surface area contributed by atoms with Crippen LogP contribution >= 0.6 is 0 Å². The standard InChI is InChI=1S/C24H35N3O5/c1-15-12-27(23(29)10-18-6-7-18)16(2)14-32-21-9-8-19(25-17(3)28)11-20(21)24(30)26(4)13-22(15)31-5/h8-9,11,15-16,18,22H,6-7,10,12-14H2,1-5H3,(H,25,28)/t15-,16-,22+/m1/s1. The van der Waals surface area contributed by atoms with Crippen molar-refractivity contribution in [3.8, 4) is 5.75 Å². The molecule has 0 aromatic heterocycles. The van der Waals surface area contributed by atoms with Crippen LogP contribution in [-0.4, -0.2) is 73.5 Å². The van der Waals surface area contributed by atoms with E-state index < -0.39 is 0 Å². The van der Waals surface area contributed by atoms with Gasteiger partial charge < -0.3 is 24.6 Å². The summed E-state index contributed by atoms with van der Waals surface area (Å²) in [6.07, 6.45) is 2.59. The number of hydrogen-bond acceptors (Lipinski definition) is 5. The molecule has 0 bridgehead atoms. The van der Waals surface area contributed by atoms with E-state index in [0.29, 0.717) is 42.4 Å². The van der Waals surface area contributed by atoms with E-state index in [2.05, 4.69) is 5.32 Å². The normalized spacial score (nSPS) is 24.7. The fourth-order valence-corrected chi connectivity index (χ4v) is 4.09. The van der Waals surface area contributed by atoms with Gasteiger partial charge in [0.15, 0.2) is 0 Å². The van der Waals surface area contributed by atoms with Crippen LogP contribution < -0.4 is 10.1 Å². The van der Waals surface area contributed by atoms with Crippen LogP contribution in [0.1, 0.15) is 50.4 Å². The van der Waals surface area contributed by atoms with Crippen molar-refractivity contribution in [3.63, 3.8) is 0 Å². The smallest absolute Gasteiger partial charge is 0.257 e.